The first-order chi connectivity index (χ1) is 5.79. The molecule has 1 nitrogen and oxygen atoms in total. The van der Waals surface area contributed by atoms with Crippen molar-refractivity contribution in [2.75, 3.05) is 13.6 Å². The van der Waals surface area contributed by atoms with Gasteiger partial charge in [0.1, 0.15) is 0 Å². The van der Waals surface area contributed by atoms with Crippen LogP contribution in [0.2, 0.25) is 0 Å². The van der Waals surface area contributed by atoms with Gasteiger partial charge in [0.25, 0.3) is 0 Å². The van der Waals surface area contributed by atoms with Gasteiger partial charge < -0.3 is 4.90 Å². The van der Waals surface area contributed by atoms with E-state index in [2.05, 4.69) is 31.2 Å². The summed E-state index contributed by atoms with van der Waals surface area (Å²) in [6, 6.07) is 0. The Hall–Kier alpha value is -1.24. The topological polar surface area (TPSA) is 3.24 Å². The molecule has 0 aromatic carbocycles. The maximum absolute atomic E-state index is 3.70. The largest absolute Gasteiger partial charge is 0.374 e. The molecule has 0 saturated carbocycles. The molecule has 0 atom stereocenters. The average Bonchev–Trinajstić information content (AvgIpc) is 2.37. The molecule has 0 unspecified atom stereocenters. The van der Waals surface area contributed by atoms with Crippen LogP contribution in [-0.2, 0) is 0 Å². The van der Waals surface area contributed by atoms with Crippen LogP contribution in [0.1, 0.15) is 6.42 Å². The number of likely N-dealkylation sites (tertiary alicyclic amines) is 1. The van der Waals surface area contributed by atoms with Crippen LogP contribution in [0.15, 0.2) is 48.7 Å². The quantitative estimate of drug-likeness (QED) is 0.601. The minimum absolute atomic E-state index is 1.10. The number of nitrogens with zero attached hydrogens (tertiary/aromatic N) is 1. The second-order valence-corrected chi connectivity index (χ2v) is 2.89. The van der Waals surface area contributed by atoms with E-state index in [1.54, 1.807) is 0 Å². The number of allylic oxidation sites excluding steroid dienone is 5. The third kappa shape index (κ3) is 1.67. The van der Waals surface area contributed by atoms with Crippen LogP contribution in [0.4, 0.5) is 0 Å². The van der Waals surface area contributed by atoms with Crippen molar-refractivity contribution < 1.29 is 0 Å². The zero-order valence-electron chi connectivity index (χ0n) is 7.59. The molecule has 1 rings (SSSR count). The second-order valence-electron chi connectivity index (χ2n) is 2.89. The van der Waals surface area contributed by atoms with Gasteiger partial charge in [-0.2, -0.15) is 0 Å². The van der Waals surface area contributed by atoms with Gasteiger partial charge >= 0.3 is 0 Å². The van der Waals surface area contributed by atoms with Crippen molar-refractivity contribution in [3.63, 3.8) is 0 Å². The lowest BCUT2D eigenvalue weighted by molar-refractivity contribution is 0.482. The molecule has 64 valence electrons. The van der Waals surface area contributed by atoms with Gasteiger partial charge in [0.05, 0.1) is 0 Å². The van der Waals surface area contributed by atoms with Gasteiger partial charge in [-0.05, 0) is 18.1 Å². The highest BCUT2D eigenvalue weighted by Gasteiger charge is 2.16. The van der Waals surface area contributed by atoms with Gasteiger partial charge in [-0.25, -0.2) is 0 Å². The Labute approximate surface area is 74.4 Å². The van der Waals surface area contributed by atoms with E-state index in [1.807, 2.05) is 18.2 Å². The Morgan fingerprint density at radius 2 is 1.92 bits per heavy atom. The minimum Gasteiger partial charge on any atom is -0.374 e. The first kappa shape index (κ1) is 8.85. The summed E-state index contributed by atoms with van der Waals surface area (Å²) in [5.74, 6) is 0. The molecule has 0 spiro atoms. The molecular weight excluding hydrogens is 146 g/mol. The molecule has 0 aromatic heterocycles. The molecule has 0 bridgehead atoms. The number of hydrogen-bond acceptors (Lipinski definition) is 1. The summed E-state index contributed by atoms with van der Waals surface area (Å²) in [5.41, 5.74) is 2.62. The molecule has 12 heavy (non-hydrogen) atoms. The van der Waals surface area contributed by atoms with E-state index in [0.29, 0.717) is 0 Å². The highest BCUT2D eigenvalue weighted by molar-refractivity contribution is 5.37. The first-order valence-electron chi connectivity index (χ1n) is 4.15. The van der Waals surface area contributed by atoms with Crippen molar-refractivity contribution in [1.29, 1.82) is 0 Å². The maximum Gasteiger partial charge on any atom is 0.0396 e. The van der Waals surface area contributed by atoms with E-state index < -0.39 is 0 Å². The molecule has 1 aliphatic heterocycles. The fraction of sp³-hybridized carbons (Fsp3) is 0.273. The van der Waals surface area contributed by atoms with E-state index >= 15 is 0 Å². The maximum atomic E-state index is 3.70. The molecule has 1 heterocycles. The van der Waals surface area contributed by atoms with Gasteiger partial charge in [-0.1, -0.05) is 31.4 Å². The predicted octanol–water partition coefficient (Wildman–Crippen LogP) is 2.50. The highest BCUT2D eigenvalue weighted by Crippen LogP contribution is 2.25. The Bertz CT molecular complexity index is 246. The van der Waals surface area contributed by atoms with Gasteiger partial charge in [-0.3, -0.25) is 0 Å². The standard InChI is InChI=1S/C11H15N/c1-4-6-10-8-9-12(3)11(10)7-5-2/h4-7H,1-2,8-9H2,3H3/b10-6-,11-7+. The average molecular weight is 161 g/mol. The lowest BCUT2D eigenvalue weighted by Crippen LogP contribution is -2.09. The summed E-state index contributed by atoms with van der Waals surface area (Å²) in [6.45, 7) is 8.49. The third-order valence-corrected chi connectivity index (χ3v) is 2.05. The summed E-state index contributed by atoms with van der Waals surface area (Å²) in [5, 5.41) is 0. The fourth-order valence-electron chi connectivity index (χ4n) is 1.44. The van der Waals surface area contributed by atoms with Crippen molar-refractivity contribution in [3.8, 4) is 0 Å². The predicted molar refractivity (Wildman–Crippen MR) is 53.8 cm³/mol. The van der Waals surface area contributed by atoms with Crippen molar-refractivity contribution >= 4 is 0 Å². The highest BCUT2D eigenvalue weighted by atomic mass is 15.1. The van der Waals surface area contributed by atoms with Crippen LogP contribution >= 0.6 is 0 Å². The van der Waals surface area contributed by atoms with Crippen LogP contribution in [0.3, 0.4) is 0 Å². The summed E-state index contributed by atoms with van der Waals surface area (Å²) in [4.78, 5) is 2.23. The van der Waals surface area contributed by atoms with Gasteiger partial charge in [0.15, 0.2) is 0 Å². The molecule has 0 amide bonds. The Morgan fingerprint density at radius 1 is 1.25 bits per heavy atom. The molecule has 1 fully saturated rings. The summed E-state index contributed by atoms with van der Waals surface area (Å²) < 4.78 is 0. The number of likely N-dealkylation sites (N-methyl/N-ethyl adjacent to an activating group) is 1. The van der Waals surface area contributed by atoms with Crippen LogP contribution < -0.4 is 0 Å². The molecule has 0 aliphatic carbocycles. The lowest BCUT2D eigenvalue weighted by Gasteiger charge is -2.11. The van der Waals surface area contributed by atoms with E-state index in [4.69, 9.17) is 0 Å². The lowest BCUT2D eigenvalue weighted by atomic mass is 10.1. The normalized spacial score (nSPS) is 23.6. The number of rotatable bonds is 2. The van der Waals surface area contributed by atoms with Crippen LogP contribution in [0.5, 0.6) is 0 Å². The summed E-state index contributed by atoms with van der Waals surface area (Å²) in [7, 11) is 2.10. The summed E-state index contributed by atoms with van der Waals surface area (Å²) in [6.07, 6.45) is 8.89. The first-order valence-corrected chi connectivity index (χ1v) is 4.15. The Kier molecular flexibility index (Phi) is 2.92. The van der Waals surface area contributed by atoms with Crippen LogP contribution in [0, 0.1) is 0 Å². The van der Waals surface area contributed by atoms with Crippen molar-refractivity contribution in [3.05, 3.63) is 48.7 Å². The van der Waals surface area contributed by atoms with Crippen LogP contribution in [0.25, 0.3) is 0 Å². The molecular formula is C11H15N. The molecule has 1 saturated heterocycles. The third-order valence-electron chi connectivity index (χ3n) is 2.05. The molecule has 0 aromatic rings. The van der Waals surface area contributed by atoms with Crippen LogP contribution in [-0.4, -0.2) is 18.5 Å². The van der Waals surface area contributed by atoms with Gasteiger partial charge in [0.2, 0.25) is 0 Å². The zero-order chi connectivity index (χ0) is 8.97. The number of hydrogen-bond donors (Lipinski definition) is 0. The van der Waals surface area contributed by atoms with E-state index in [0.717, 1.165) is 13.0 Å². The monoisotopic (exact) mass is 161 g/mol. The molecule has 1 heteroatoms. The smallest absolute Gasteiger partial charge is 0.0396 e. The van der Waals surface area contributed by atoms with Crippen molar-refractivity contribution in [2.45, 2.75) is 6.42 Å². The van der Waals surface area contributed by atoms with Crippen molar-refractivity contribution in [1.82, 2.24) is 4.90 Å². The molecule has 1 aliphatic rings. The van der Waals surface area contributed by atoms with Crippen molar-refractivity contribution in [2.24, 2.45) is 0 Å². The summed E-state index contributed by atoms with van der Waals surface area (Å²) >= 11 is 0. The Morgan fingerprint density at radius 3 is 2.50 bits per heavy atom. The Balaban J connectivity index is 2.91. The second kappa shape index (κ2) is 3.96. The van der Waals surface area contributed by atoms with E-state index in [9.17, 15) is 0 Å². The molecule has 0 radical (unpaired) electrons. The zero-order valence-corrected chi connectivity index (χ0v) is 7.59. The minimum atomic E-state index is 1.10. The van der Waals surface area contributed by atoms with E-state index in [1.165, 1.54) is 11.3 Å². The molecule has 0 N–H and O–H groups in total. The van der Waals surface area contributed by atoms with Gasteiger partial charge in [-0.15, -0.1) is 0 Å². The van der Waals surface area contributed by atoms with E-state index in [-0.39, 0.29) is 0 Å². The SMILES string of the molecule is C=C/C=C1/CCN(C)/C1=C/C=C. The van der Waals surface area contributed by atoms with Gasteiger partial charge in [0, 0.05) is 19.3 Å². The fourth-order valence-corrected chi connectivity index (χ4v) is 1.44.